The standard InChI is InChI=1S/C18H21FN2O.ClH/c1-20-12-17(22)18(14-6-4-7-15(19)11-14)21-10-9-13-5-2-3-8-16(13)21;/h2-8,11,17-18,20,22H,9-10,12H2,1H3;1H/t17-,18+;/m1./s1. The molecule has 23 heavy (non-hydrogen) atoms. The minimum absolute atomic E-state index is 0. The van der Waals surface area contributed by atoms with Crippen molar-refractivity contribution in [2.24, 2.45) is 0 Å². The smallest absolute Gasteiger partial charge is 0.123 e. The van der Waals surface area contributed by atoms with Gasteiger partial charge in [0.05, 0.1) is 12.1 Å². The number of fused-ring (bicyclic) bond motifs is 1. The fourth-order valence-electron chi connectivity index (χ4n) is 3.27. The Morgan fingerprint density at radius 3 is 2.74 bits per heavy atom. The van der Waals surface area contributed by atoms with Crippen molar-refractivity contribution in [3.8, 4) is 0 Å². The molecule has 0 unspecified atom stereocenters. The van der Waals surface area contributed by atoms with Gasteiger partial charge in [-0.3, -0.25) is 0 Å². The van der Waals surface area contributed by atoms with Crippen molar-refractivity contribution in [3.05, 3.63) is 65.5 Å². The number of benzene rings is 2. The zero-order valence-electron chi connectivity index (χ0n) is 13.1. The van der Waals surface area contributed by atoms with Crippen LogP contribution in [0, 0.1) is 5.82 Å². The van der Waals surface area contributed by atoms with Crippen LogP contribution in [-0.4, -0.2) is 31.3 Å². The monoisotopic (exact) mass is 336 g/mol. The van der Waals surface area contributed by atoms with Crippen LogP contribution in [0.15, 0.2) is 48.5 Å². The maximum Gasteiger partial charge on any atom is 0.123 e. The lowest BCUT2D eigenvalue weighted by Gasteiger charge is -2.34. The number of hydrogen-bond donors (Lipinski definition) is 2. The molecule has 0 amide bonds. The van der Waals surface area contributed by atoms with Crippen molar-refractivity contribution in [3.63, 3.8) is 0 Å². The molecule has 0 bridgehead atoms. The van der Waals surface area contributed by atoms with Gasteiger partial charge in [0.25, 0.3) is 0 Å². The van der Waals surface area contributed by atoms with Gasteiger partial charge in [0, 0.05) is 18.8 Å². The summed E-state index contributed by atoms with van der Waals surface area (Å²) in [5, 5.41) is 13.6. The van der Waals surface area contributed by atoms with Crippen LogP contribution >= 0.6 is 12.4 Å². The minimum Gasteiger partial charge on any atom is -0.389 e. The molecule has 1 aliphatic heterocycles. The van der Waals surface area contributed by atoms with Crippen LogP contribution in [0.1, 0.15) is 17.2 Å². The van der Waals surface area contributed by atoms with Gasteiger partial charge in [0.15, 0.2) is 0 Å². The number of aliphatic hydroxyl groups is 1. The van der Waals surface area contributed by atoms with Crippen molar-refractivity contribution in [2.45, 2.75) is 18.6 Å². The molecule has 124 valence electrons. The van der Waals surface area contributed by atoms with E-state index >= 15 is 0 Å². The molecule has 2 N–H and O–H groups in total. The van der Waals surface area contributed by atoms with Crippen molar-refractivity contribution in [2.75, 3.05) is 25.0 Å². The summed E-state index contributed by atoms with van der Waals surface area (Å²) < 4.78 is 13.6. The van der Waals surface area contributed by atoms with Crippen molar-refractivity contribution < 1.29 is 9.50 Å². The lowest BCUT2D eigenvalue weighted by atomic mass is 9.99. The Morgan fingerprint density at radius 1 is 1.22 bits per heavy atom. The quantitative estimate of drug-likeness (QED) is 0.881. The molecule has 1 aliphatic rings. The van der Waals surface area contributed by atoms with Crippen LogP contribution in [0.4, 0.5) is 10.1 Å². The third-order valence-corrected chi connectivity index (χ3v) is 4.23. The number of halogens is 2. The summed E-state index contributed by atoms with van der Waals surface area (Å²) in [7, 11) is 1.81. The lowest BCUT2D eigenvalue weighted by molar-refractivity contribution is 0.141. The number of nitrogens with zero attached hydrogens (tertiary/aromatic N) is 1. The molecule has 2 aromatic rings. The van der Waals surface area contributed by atoms with Crippen LogP contribution in [-0.2, 0) is 6.42 Å². The number of anilines is 1. The Balaban J connectivity index is 0.00000192. The topological polar surface area (TPSA) is 35.5 Å². The summed E-state index contributed by atoms with van der Waals surface area (Å²) in [6.07, 6.45) is 0.340. The summed E-state index contributed by atoms with van der Waals surface area (Å²) in [5.41, 5.74) is 3.21. The third-order valence-electron chi connectivity index (χ3n) is 4.23. The summed E-state index contributed by atoms with van der Waals surface area (Å²) >= 11 is 0. The van der Waals surface area contributed by atoms with Crippen LogP contribution in [0.2, 0.25) is 0 Å². The average molecular weight is 337 g/mol. The van der Waals surface area contributed by atoms with Gasteiger partial charge in [-0.15, -0.1) is 12.4 Å². The molecular formula is C18H22ClFN2O. The van der Waals surface area contributed by atoms with Gasteiger partial charge >= 0.3 is 0 Å². The molecule has 0 fully saturated rings. The largest absolute Gasteiger partial charge is 0.389 e. The molecule has 3 nitrogen and oxygen atoms in total. The Kier molecular flexibility index (Phi) is 5.99. The lowest BCUT2D eigenvalue weighted by Crippen LogP contribution is -2.40. The summed E-state index contributed by atoms with van der Waals surface area (Å²) in [4.78, 5) is 2.19. The second-order valence-corrected chi connectivity index (χ2v) is 5.70. The number of likely N-dealkylation sites (N-methyl/N-ethyl adjacent to an activating group) is 1. The zero-order chi connectivity index (χ0) is 15.5. The fourth-order valence-corrected chi connectivity index (χ4v) is 3.27. The van der Waals surface area contributed by atoms with Gasteiger partial charge < -0.3 is 15.3 Å². The number of para-hydroxylation sites is 1. The highest BCUT2D eigenvalue weighted by Crippen LogP contribution is 2.36. The van der Waals surface area contributed by atoms with Gasteiger partial charge in [0.2, 0.25) is 0 Å². The van der Waals surface area contributed by atoms with E-state index in [1.54, 1.807) is 6.07 Å². The summed E-state index contributed by atoms with van der Waals surface area (Å²) in [6.45, 7) is 1.29. The molecule has 0 aliphatic carbocycles. The SMILES string of the molecule is CNC[C@@H](O)[C@H](c1cccc(F)c1)N1CCc2ccccc21.Cl. The Hall–Kier alpha value is -1.62. The van der Waals surface area contributed by atoms with Gasteiger partial charge in [0.1, 0.15) is 5.82 Å². The summed E-state index contributed by atoms with van der Waals surface area (Å²) in [5.74, 6) is -0.272. The molecule has 0 radical (unpaired) electrons. The minimum atomic E-state index is -0.613. The van der Waals surface area contributed by atoms with E-state index in [1.807, 2.05) is 25.2 Å². The van der Waals surface area contributed by atoms with Crippen LogP contribution in [0.5, 0.6) is 0 Å². The predicted octanol–water partition coefficient (Wildman–Crippen LogP) is 2.93. The molecule has 3 rings (SSSR count). The summed E-state index contributed by atoms with van der Waals surface area (Å²) in [6, 6.07) is 14.5. The molecule has 1 heterocycles. The molecular weight excluding hydrogens is 315 g/mol. The van der Waals surface area contributed by atoms with Crippen LogP contribution in [0.25, 0.3) is 0 Å². The van der Waals surface area contributed by atoms with E-state index in [1.165, 1.54) is 17.7 Å². The average Bonchev–Trinajstić information content (AvgIpc) is 2.92. The molecule has 5 heteroatoms. The van der Waals surface area contributed by atoms with Crippen LogP contribution in [0.3, 0.4) is 0 Å². The van der Waals surface area contributed by atoms with E-state index < -0.39 is 6.10 Å². The molecule has 0 spiro atoms. The number of nitrogens with one attached hydrogen (secondary N) is 1. The van der Waals surface area contributed by atoms with E-state index in [0.29, 0.717) is 6.54 Å². The van der Waals surface area contributed by atoms with E-state index in [-0.39, 0.29) is 24.3 Å². The highest BCUT2D eigenvalue weighted by atomic mass is 35.5. The molecule has 0 aromatic heterocycles. The van der Waals surface area contributed by atoms with Gasteiger partial charge in [-0.25, -0.2) is 4.39 Å². The van der Waals surface area contributed by atoms with Gasteiger partial charge in [-0.05, 0) is 42.8 Å². The number of rotatable bonds is 5. The van der Waals surface area contributed by atoms with Crippen molar-refractivity contribution >= 4 is 18.1 Å². The first-order chi connectivity index (χ1) is 10.7. The predicted molar refractivity (Wildman–Crippen MR) is 93.8 cm³/mol. The second kappa shape index (κ2) is 7.77. The molecule has 2 atom stereocenters. The molecule has 2 aromatic carbocycles. The zero-order valence-corrected chi connectivity index (χ0v) is 13.9. The van der Waals surface area contributed by atoms with Gasteiger partial charge in [-0.1, -0.05) is 30.3 Å². The van der Waals surface area contributed by atoms with E-state index in [9.17, 15) is 9.50 Å². The van der Waals surface area contributed by atoms with Crippen molar-refractivity contribution in [1.82, 2.24) is 5.32 Å². The molecule has 0 saturated heterocycles. The van der Waals surface area contributed by atoms with Gasteiger partial charge in [-0.2, -0.15) is 0 Å². The number of hydrogen-bond acceptors (Lipinski definition) is 3. The second-order valence-electron chi connectivity index (χ2n) is 5.70. The maximum absolute atomic E-state index is 13.6. The number of aliphatic hydroxyl groups excluding tert-OH is 1. The Labute approximate surface area is 142 Å². The van der Waals surface area contributed by atoms with Crippen LogP contribution < -0.4 is 10.2 Å². The first-order valence-electron chi connectivity index (χ1n) is 7.63. The fraction of sp³-hybridized carbons (Fsp3) is 0.333. The normalized spacial score (nSPS) is 15.7. The first kappa shape index (κ1) is 17.7. The first-order valence-corrected chi connectivity index (χ1v) is 7.63. The highest BCUT2D eigenvalue weighted by molar-refractivity contribution is 5.85. The van der Waals surface area contributed by atoms with E-state index in [2.05, 4.69) is 22.3 Å². The molecule has 0 saturated carbocycles. The Bertz CT molecular complexity index is 652. The van der Waals surface area contributed by atoms with E-state index in [0.717, 1.165) is 24.2 Å². The Morgan fingerprint density at radius 2 is 2.00 bits per heavy atom. The third kappa shape index (κ3) is 3.66. The van der Waals surface area contributed by atoms with Crippen molar-refractivity contribution in [1.29, 1.82) is 0 Å². The maximum atomic E-state index is 13.6. The van der Waals surface area contributed by atoms with E-state index in [4.69, 9.17) is 0 Å². The highest BCUT2D eigenvalue weighted by Gasteiger charge is 2.31.